The van der Waals surface area contributed by atoms with Crippen molar-refractivity contribution in [2.24, 2.45) is 0 Å². The minimum absolute atomic E-state index is 0.00752. The van der Waals surface area contributed by atoms with E-state index in [1.54, 1.807) is 19.9 Å². The first kappa shape index (κ1) is 9.98. The lowest BCUT2D eigenvalue weighted by Gasteiger charge is -2.05. The summed E-state index contributed by atoms with van der Waals surface area (Å²) in [6.45, 7) is 3.41. The van der Waals surface area contributed by atoms with E-state index in [1.165, 1.54) is 0 Å². The fourth-order valence-electron chi connectivity index (χ4n) is 1.11. The zero-order chi connectivity index (χ0) is 10.2. The number of nitrogen functional groups attached to an aromatic ring is 1. The SMILES string of the molecule is Cc1cc(Br)c(C)c([N+](=O)[O-])c1N. The summed E-state index contributed by atoms with van der Waals surface area (Å²) in [6.07, 6.45) is 0. The van der Waals surface area contributed by atoms with Crippen molar-refractivity contribution in [3.05, 3.63) is 31.8 Å². The summed E-state index contributed by atoms with van der Waals surface area (Å²) in [5.74, 6) is 0. The number of rotatable bonds is 1. The maximum absolute atomic E-state index is 10.7. The van der Waals surface area contributed by atoms with Crippen LogP contribution in [0.1, 0.15) is 11.1 Å². The molecule has 0 saturated heterocycles. The average Bonchev–Trinajstić information content (AvgIpc) is 2.01. The number of nitro benzene ring substituents is 1. The molecule has 0 fully saturated rings. The summed E-state index contributed by atoms with van der Waals surface area (Å²) in [4.78, 5) is 10.2. The van der Waals surface area contributed by atoms with E-state index in [-0.39, 0.29) is 11.4 Å². The van der Waals surface area contributed by atoms with Crippen molar-refractivity contribution in [2.45, 2.75) is 13.8 Å². The number of nitro groups is 1. The van der Waals surface area contributed by atoms with Gasteiger partial charge in [-0.1, -0.05) is 15.9 Å². The van der Waals surface area contributed by atoms with Crippen LogP contribution in [0.4, 0.5) is 11.4 Å². The molecular weight excluding hydrogens is 236 g/mol. The fraction of sp³-hybridized carbons (Fsp3) is 0.250. The van der Waals surface area contributed by atoms with Crippen LogP contribution < -0.4 is 5.73 Å². The van der Waals surface area contributed by atoms with E-state index in [4.69, 9.17) is 5.73 Å². The van der Waals surface area contributed by atoms with Crippen LogP contribution in [0.5, 0.6) is 0 Å². The fourth-order valence-corrected chi connectivity index (χ4v) is 1.64. The number of anilines is 1. The van der Waals surface area contributed by atoms with Crippen molar-refractivity contribution < 1.29 is 4.92 Å². The third-order valence-electron chi connectivity index (χ3n) is 1.92. The van der Waals surface area contributed by atoms with Crippen molar-refractivity contribution in [3.8, 4) is 0 Å². The number of nitrogens with two attached hydrogens (primary N) is 1. The predicted molar refractivity (Wildman–Crippen MR) is 54.7 cm³/mol. The Morgan fingerprint density at radius 2 is 2.08 bits per heavy atom. The number of hydrogen-bond acceptors (Lipinski definition) is 3. The Balaban J connectivity index is 3.56. The first-order valence-electron chi connectivity index (χ1n) is 3.64. The van der Waals surface area contributed by atoms with Gasteiger partial charge in [0.1, 0.15) is 5.69 Å². The van der Waals surface area contributed by atoms with Gasteiger partial charge in [0.25, 0.3) is 5.69 Å². The van der Waals surface area contributed by atoms with E-state index in [0.29, 0.717) is 15.6 Å². The number of hydrogen-bond donors (Lipinski definition) is 1. The van der Waals surface area contributed by atoms with Crippen molar-refractivity contribution in [2.75, 3.05) is 5.73 Å². The molecule has 0 heterocycles. The van der Waals surface area contributed by atoms with E-state index in [0.717, 1.165) is 0 Å². The summed E-state index contributed by atoms with van der Waals surface area (Å²) in [6, 6.07) is 1.78. The van der Waals surface area contributed by atoms with Crippen molar-refractivity contribution in [1.82, 2.24) is 0 Å². The maximum atomic E-state index is 10.7. The summed E-state index contributed by atoms with van der Waals surface area (Å²) < 4.78 is 0.714. The van der Waals surface area contributed by atoms with Crippen LogP contribution in [0.2, 0.25) is 0 Å². The lowest BCUT2D eigenvalue weighted by Crippen LogP contribution is -2.01. The number of aryl methyl sites for hydroxylation is 1. The van der Waals surface area contributed by atoms with Gasteiger partial charge in [0.2, 0.25) is 0 Å². The van der Waals surface area contributed by atoms with Gasteiger partial charge in [-0.15, -0.1) is 0 Å². The molecule has 1 aromatic carbocycles. The highest BCUT2D eigenvalue weighted by Crippen LogP contribution is 2.34. The molecule has 0 atom stereocenters. The molecule has 0 saturated carbocycles. The van der Waals surface area contributed by atoms with Gasteiger partial charge in [0.05, 0.1) is 4.92 Å². The monoisotopic (exact) mass is 244 g/mol. The third kappa shape index (κ3) is 1.65. The normalized spacial score (nSPS) is 10.1. The second kappa shape index (κ2) is 3.33. The molecule has 0 bridgehead atoms. The Bertz CT molecular complexity index is 351. The van der Waals surface area contributed by atoms with Gasteiger partial charge in [-0.05, 0) is 25.5 Å². The summed E-state index contributed by atoms with van der Waals surface area (Å²) in [7, 11) is 0. The van der Waals surface area contributed by atoms with Crippen molar-refractivity contribution in [1.29, 1.82) is 0 Å². The van der Waals surface area contributed by atoms with Crippen LogP contribution in [0.15, 0.2) is 10.5 Å². The van der Waals surface area contributed by atoms with Gasteiger partial charge in [-0.2, -0.15) is 0 Å². The molecule has 0 aliphatic carbocycles. The van der Waals surface area contributed by atoms with E-state index in [1.807, 2.05) is 0 Å². The maximum Gasteiger partial charge on any atom is 0.296 e. The van der Waals surface area contributed by atoms with Crippen LogP contribution in [-0.4, -0.2) is 4.92 Å². The Hall–Kier alpha value is -1.10. The zero-order valence-corrected chi connectivity index (χ0v) is 8.88. The van der Waals surface area contributed by atoms with Crippen LogP contribution >= 0.6 is 15.9 Å². The average molecular weight is 245 g/mol. The van der Waals surface area contributed by atoms with E-state index in [2.05, 4.69) is 15.9 Å². The standard InChI is InChI=1S/C8H9BrN2O2/c1-4-3-6(9)5(2)8(7(4)10)11(12)13/h3H,10H2,1-2H3. The highest BCUT2D eigenvalue weighted by Gasteiger charge is 2.19. The Kier molecular flexibility index (Phi) is 2.56. The van der Waals surface area contributed by atoms with Crippen LogP contribution in [0.3, 0.4) is 0 Å². The molecule has 4 nitrogen and oxygen atoms in total. The molecule has 1 aromatic rings. The molecule has 2 N–H and O–H groups in total. The number of benzene rings is 1. The molecule has 0 aliphatic rings. The first-order chi connectivity index (χ1) is 5.95. The van der Waals surface area contributed by atoms with Gasteiger partial charge < -0.3 is 5.73 Å². The van der Waals surface area contributed by atoms with Gasteiger partial charge in [0, 0.05) is 10.0 Å². The van der Waals surface area contributed by atoms with Gasteiger partial charge in [-0.3, -0.25) is 10.1 Å². The van der Waals surface area contributed by atoms with Gasteiger partial charge in [-0.25, -0.2) is 0 Å². The molecule has 0 aromatic heterocycles. The highest BCUT2D eigenvalue weighted by atomic mass is 79.9. The smallest absolute Gasteiger partial charge is 0.296 e. The lowest BCUT2D eigenvalue weighted by atomic mass is 10.1. The van der Waals surface area contributed by atoms with Gasteiger partial charge in [0.15, 0.2) is 0 Å². The molecule has 0 unspecified atom stereocenters. The second-order valence-corrected chi connectivity index (χ2v) is 3.67. The van der Waals surface area contributed by atoms with E-state index in [9.17, 15) is 10.1 Å². The molecule has 1 rings (SSSR count). The number of halogens is 1. The first-order valence-corrected chi connectivity index (χ1v) is 4.44. The topological polar surface area (TPSA) is 69.2 Å². The minimum Gasteiger partial charge on any atom is -0.393 e. The molecule has 0 amide bonds. The number of nitrogens with zero attached hydrogens (tertiary/aromatic N) is 1. The van der Waals surface area contributed by atoms with Crippen molar-refractivity contribution in [3.63, 3.8) is 0 Å². The van der Waals surface area contributed by atoms with Crippen LogP contribution in [0.25, 0.3) is 0 Å². The summed E-state index contributed by atoms with van der Waals surface area (Å²) >= 11 is 3.24. The van der Waals surface area contributed by atoms with Crippen LogP contribution in [0, 0.1) is 24.0 Å². The quantitative estimate of drug-likeness (QED) is 0.469. The Labute approximate surface area is 84.0 Å². The highest BCUT2D eigenvalue weighted by molar-refractivity contribution is 9.10. The molecule has 0 radical (unpaired) electrons. The molecule has 0 aliphatic heterocycles. The summed E-state index contributed by atoms with van der Waals surface area (Å²) in [5.41, 5.74) is 7.10. The van der Waals surface area contributed by atoms with Gasteiger partial charge >= 0.3 is 0 Å². The van der Waals surface area contributed by atoms with Crippen LogP contribution in [-0.2, 0) is 0 Å². The molecule has 13 heavy (non-hydrogen) atoms. The Morgan fingerprint density at radius 1 is 1.54 bits per heavy atom. The molecule has 5 heteroatoms. The van der Waals surface area contributed by atoms with Crippen molar-refractivity contribution >= 4 is 27.3 Å². The van der Waals surface area contributed by atoms with E-state index >= 15 is 0 Å². The largest absolute Gasteiger partial charge is 0.393 e. The molecular formula is C8H9BrN2O2. The predicted octanol–water partition coefficient (Wildman–Crippen LogP) is 2.56. The minimum atomic E-state index is -0.456. The Morgan fingerprint density at radius 3 is 2.54 bits per heavy atom. The van der Waals surface area contributed by atoms with E-state index < -0.39 is 4.92 Å². The second-order valence-electron chi connectivity index (χ2n) is 2.82. The summed E-state index contributed by atoms with van der Waals surface area (Å²) in [5, 5.41) is 10.7. The molecule has 70 valence electrons. The molecule has 0 spiro atoms. The zero-order valence-electron chi connectivity index (χ0n) is 7.30. The third-order valence-corrected chi connectivity index (χ3v) is 2.74. The lowest BCUT2D eigenvalue weighted by molar-refractivity contribution is -0.384.